The number of hydrogen-bond acceptors (Lipinski definition) is 1. The van der Waals surface area contributed by atoms with Gasteiger partial charge in [0.15, 0.2) is 0 Å². The molecule has 1 aromatic rings. The molecular formula is C13H20BrN. The standard InChI is InChI=1S/C13H20BrN/c1-13(2,3)11-6-10(9-15(4)5)7-12(14)8-11/h6-8H,9H2,1-5H3. The third-order valence-corrected chi connectivity index (χ3v) is 2.78. The van der Waals surface area contributed by atoms with Crippen LogP contribution in [0.4, 0.5) is 0 Å². The van der Waals surface area contributed by atoms with Crippen LogP contribution in [0.1, 0.15) is 31.9 Å². The van der Waals surface area contributed by atoms with E-state index in [-0.39, 0.29) is 5.41 Å². The molecule has 15 heavy (non-hydrogen) atoms. The number of nitrogens with zero attached hydrogens (tertiary/aromatic N) is 1. The van der Waals surface area contributed by atoms with Gasteiger partial charge in [0.1, 0.15) is 0 Å². The average Bonchev–Trinajstić information content (AvgIpc) is 1.99. The summed E-state index contributed by atoms with van der Waals surface area (Å²) in [5.41, 5.74) is 2.96. The van der Waals surface area contributed by atoms with Gasteiger partial charge in [-0.15, -0.1) is 0 Å². The quantitative estimate of drug-likeness (QED) is 0.790. The highest BCUT2D eigenvalue weighted by Crippen LogP contribution is 2.27. The molecule has 0 aliphatic heterocycles. The van der Waals surface area contributed by atoms with E-state index in [4.69, 9.17) is 0 Å². The maximum atomic E-state index is 3.58. The maximum Gasteiger partial charge on any atom is 0.0228 e. The summed E-state index contributed by atoms with van der Waals surface area (Å²) in [6.45, 7) is 7.72. The first kappa shape index (κ1) is 12.7. The van der Waals surface area contributed by atoms with Crippen molar-refractivity contribution in [2.45, 2.75) is 32.7 Å². The molecule has 0 aliphatic carbocycles. The fourth-order valence-corrected chi connectivity index (χ4v) is 2.08. The van der Waals surface area contributed by atoms with Crippen LogP contribution in [0.2, 0.25) is 0 Å². The largest absolute Gasteiger partial charge is 0.305 e. The fraction of sp³-hybridized carbons (Fsp3) is 0.538. The van der Waals surface area contributed by atoms with Crippen LogP contribution in [0.3, 0.4) is 0 Å². The molecule has 0 heterocycles. The molecule has 0 spiro atoms. The highest BCUT2D eigenvalue weighted by Gasteiger charge is 2.14. The number of halogens is 1. The van der Waals surface area contributed by atoms with E-state index in [9.17, 15) is 0 Å². The van der Waals surface area contributed by atoms with Crippen molar-refractivity contribution in [3.63, 3.8) is 0 Å². The number of rotatable bonds is 2. The number of hydrogen-bond donors (Lipinski definition) is 0. The molecule has 0 atom stereocenters. The summed E-state index contributed by atoms with van der Waals surface area (Å²) >= 11 is 3.58. The van der Waals surface area contributed by atoms with Crippen LogP contribution in [-0.4, -0.2) is 19.0 Å². The van der Waals surface area contributed by atoms with Gasteiger partial charge in [0.2, 0.25) is 0 Å². The summed E-state index contributed by atoms with van der Waals surface area (Å²) in [5.74, 6) is 0. The average molecular weight is 270 g/mol. The third-order valence-electron chi connectivity index (χ3n) is 2.32. The van der Waals surface area contributed by atoms with Crippen molar-refractivity contribution in [1.82, 2.24) is 4.90 Å². The molecule has 0 N–H and O–H groups in total. The molecule has 2 heteroatoms. The number of benzene rings is 1. The second-order valence-electron chi connectivity index (χ2n) is 5.34. The summed E-state index contributed by atoms with van der Waals surface area (Å²) in [5, 5.41) is 0. The Balaban J connectivity index is 3.06. The van der Waals surface area contributed by atoms with Crippen molar-refractivity contribution < 1.29 is 0 Å². The van der Waals surface area contributed by atoms with Crippen LogP contribution in [0, 0.1) is 0 Å². The third kappa shape index (κ3) is 3.96. The van der Waals surface area contributed by atoms with E-state index in [2.05, 4.69) is 73.9 Å². The maximum absolute atomic E-state index is 3.58. The van der Waals surface area contributed by atoms with Gasteiger partial charge < -0.3 is 4.90 Å². The van der Waals surface area contributed by atoms with Crippen LogP contribution < -0.4 is 0 Å². The van der Waals surface area contributed by atoms with E-state index in [0.29, 0.717) is 0 Å². The van der Waals surface area contributed by atoms with Gasteiger partial charge >= 0.3 is 0 Å². The van der Waals surface area contributed by atoms with Gasteiger partial charge in [-0.2, -0.15) is 0 Å². The van der Waals surface area contributed by atoms with E-state index in [1.54, 1.807) is 0 Å². The summed E-state index contributed by atoms with van der Waals surface area (Å²) in [6.07, 6.45) is 0. The topological polar surface area (TPSA) is 3.24 Å². The van der Waals surface area contributed by atoms with Crippen LogP contribution in [0.15, 0.2) is 22.7 Å². The van der Waals surface area contributed by atoms with Crippen molar-refractivity contribution in [3.8, 4) is 0 Å². The SMILES string of the molecule is CN(C)Cc1cc(Br)cc(C(C)(C)C)c1. The van der Waals surface area contributed by atoms with Gasteiger partial charge in [-0.05, 0) is 42.8 Å². The molecule has 0 aliphatic rings. The molecule has 84 valence electrons. The minimum Gasteiger partial charge on any atom is -0.305 e. The Bertz CT molecular complexity index is 337. The first-order valence-corrected chi connectivity index (χ1v) is 6.03. The van der Waals surface area contributed by atoms with E-state index in [1.807, 2.05) is 0 Å². The zero-order chi connectivity index (χ0) is 11.6. The summed E-state index contributed by atoms with van der Waals surface area (Å²) in [7, 11) is 4.19. The van der Waals surface area contributed by atoms with E-state index >= 15 is 0 Å². The van der Waals surface area contributed by atoms with Gasteiger partial charge in [0.05, 0.1) is 0 Å². The molecule has 0 amide bonds. The zero-order valence-electron chi connectivity index (χ0n) is 10.3. The minimum atomic E-state index is 0.213. The fourth-order valence-electron chi connectivity index (χ4n) is 1.54. The molecule has 0 aromatic heterocycles. The van der Waals surface area contributed by atoms with Crippen LogP contribution >= 0.6 is 15.9 Å². The van der Waals surface area contributed by atoms with Crippen molar-refractivity contribution in [2.24, 2.45) is 0 Å². The minimum absolute atomic E-state index is 0.213. The van der Waals surface area contributed by atoms with Gasteiger partial charge in [-0.25, -0.2) is 0 Å². The predicted molar refractivity (Wildman–Crippen MR) is 70.2 cm³/mol. The molecule has 1 nitrogen and oxygen atoms in total. The molecule has 0 fully saturated rings. The lowest BCUT2D eigenvalue weighted by Gasteiger charge is -2.21. The highest BCUT2D eigenvalue weighted by atomic mass is 79.9. The lowest BCUT2D eigenvalue weighted by Crippen LogP contribution is -2.14. The van der Waals surface area contributed by atoms with E-state index in [0.717, 1.165) is 6.54 Å². The Kier molecular flexibility index (Phi) is 3.96. The molecule has 0 saturated heterocycles. The Morgan fingerprint density at radius 1 is 1.13 bits per heavy atom. The molecule has 1 rings (SSSR count). The molecule has 0 radical (unpaired) electrons. The van der Waals surface area contributed by atoms with E-state index in [1.165, 1.54) is 15.6 Å². The predicted octanol–water partition coefficient (Wildman–Crippen LogP) is 3.81. The molecule has 0 unspecified atom stereocenters. The van der Waals surface area contributed by atoms with Gasteiger partial charge in [-0.1, -0.05) is 42.8 Å². The molecule has 0 saturated carbocycles. The smallest absolute Gasteiger partial charge is 0.0228 e. The van der Waals surface area contributed by atoms with Crippen molar-refractivity contribution in [2.75, 3.05) is 14.1 Å². The van der Waals surface area contributed by atoms with E-state index < -0.39 is 0 Å². The molecular weight excluding hydrogens is 250 g/mol. The van der Waals surface area contributed by atoms with Gasteiger partial charge in [-0.3, -0.25) is 0 Å². The molecule has 0 bridgehead atoms. The Hall–Kier alpha value is -0.340. The first-order valence-electron chi connectivity index (χ1n) is 5.24. The Morgan fingerprint density at radius 2 is 1.73 bits per heavy atom. The van der Waals surface area contributed by atoms with Crippen LogP contribution in [-0.2, 0) is 12.0 Å². The Morgan fingerprint density at radius 3 is 2.20 bits per heavy atom. The van der Waals surface area contributed by atoms with Gasteiger partial charge in [0, 0.05) is 11.0 Å². The zero-order valence-corrected chi connectivity index (χ0v) is 11.9. The monoisotopic (exact) mass is 269 g/mol. The normalized spacial score (nSPS) is 12.2. The van der Waals surface area contributed by atoms with Crippen molar-refractivity contribution in [3.05, 3.63) is 33.8 Å². The lowest BCUT2D eigenvalue weighted by atomic mass is 9.86. The van der Waals surface area contributed by atoms with Crippen LogP contribution in [0.5, 0.6) is 0 Å². The highest BCUT2D eigenvalue weighted by molar-refractivity contribution is 9.10. The van der Waals surface area contributed by atoms with Crippen molar-refractivity contribution >= 4 is 15.9 Å². The lowest BCUT2D eigenvalue weighted by molar-refractivity contribution is 0.402. The van der Waals surface area contributed by atoms with Crippen molar-refractivity contribution in [1.29, 1.82) is 0 Å². The van der Waals surface area contributed by atoms with Crippen LogP contribution in [0.25, 0.3) is 0 Å². The van der Waals surface area contributed by atoms with Gasteiger partial charge in [0.25, 0.3) is 0 Å². The summed E-state index contributed by atoms with van der Waals surface area (Å²) in [6, 6.07) is 6.69. The summed E-state index contributed by atoms with van der Waals surface area (Å²) < 4.78 is 1.17. The molecule has 1 aromatic carbocycles. The Labute approximate surface area is 102 Å². The first-order chi connectivity index (χ1) is 6.79. The summed E-state index contributed by atoms with van der Waals surface area (Å²) in [4.78, 5) is 2.19. The second kappa shape index (κ2) is 4.67. The second-order valence-corrected chi connectivity index (χ2v) is 6.25.